The van der Waals surface area contributed by atoms with Crippen LogP contribution in [0.15, 0.2) is 42.6 Å². The molecule has 160 valence electrons. The lowest BCUT2D eigenvalue weighted by Crippen LogP contribution is -2.51. The summed E-state index contributed by atoms with van der Waals surface area (Å²) >= 11 is 0. The number of aryl methyl sites for hydroxylation is 1. The summed E-state index contributed by atoms with van der Waals surface area (Å²) in [6.45, 7) is 3.24. The molecule has 6 atom stereocenters. The van der Waals surface area contributed by atoms with Gasteiger partial charge in [-0.3, -0.25) is 9.88 Å². The van der Waals surface area contributed by atoms with Crippen molar-refractivity contribution in [2.45, 2.75) is 63.6 Å². The van der Waals surface area contributed by atoms with Gasteiger partial charge in [0.15, 0.2) is 0 Å². The Morgan fingerprint density at radius 3 is 2.87 bits per heavy atom. The molecule has 4 nitrogen and oxygen atoms in total. The summed E-state index contributed by atoms with van der Waals surface area (Å²) in [5.74, 6) is 2.86. The Bertz CT molecular complexity index is 901. The van der Waals surface area contributed by atoms with Crippen LogP contribution in [0.25, 0.3) is 0 Å². The number of fused-ring (bicyclic) bond motifs is 5. The zero-order valence-corrected chi connectivity index (χ0v) is 18.4. The fourth-order valence-corrected chi connectivity index (χ4v) is 7.32. The first-order valence-electron chi connectivity index (χ1n) is 11.5. The van der Waals surface area contributed by atoms with Crippen molar-refractivity contribution < 1.29 is 9.84 Å². The van der Waals surface area contributed by atoms with Gasteiger partial charge in [0.2, 0.25) is 0 Å². The first-order valence-corrected chi connectivity index (χ1v) is 11.5. The first-order chi connectivity index (χ1) is 14.5. The second-order valence-corrected chi connectivity index (χ2v) is 10.0. The van der Waals surface area contributed by atoms with Gasteiger partial charge in [-0.25, -0.2) is 0 Å². The van der Waals surface area contributed by atoms with Crippen LogP contribution >= 0.6 is 0 Å². The zero-order chi connectivity index (χ0) is 20.9. The zero-order valence-electron chi connectivity index (χ0n) is 18.4. The number of benzene rings is 1. The number of likely N-dealkylation sites (N-methyl/N-ethyl adjacent to an activating group) is 1. The predicted octanol–water partition coefficient (Wildman–Crippen LogP) is 4.42. The minimum absolute atomic E-state index is 0.161. The smallest absolute Gasteiger partial charge is 0.119 e. The lowest BCUT2D eigenvalue weighted by Gasteiger charge is -2.52. The van der Waals surface area contributed by atoms with Crippen LogP contribution in [-0.4, -0.2) is 41.3 Å². The van der Waals surface area contributed by atoms with Crippen LogP contribution in [0.4, 0.5) is 0 Å². The highest BCUT2D eigenvalue weighted by Crippen LogP contribution is 2.61. The molecule has 30 heavy (non-hydrogen) atoms. The standard InChI is InChI=1S/C26H34N2O2/c1-26-12-11-21-20-10-8-19(30-3)14-17(20)7-9-22(21)23(26)15-24(29)25(26)28(2)16-18-6-4-5-13-27-18/h4-6,8,10,13-14,21-25,29H,7,9,11-12,15-16H2,1-3H3/t21-,22-,23+,24-,25+,26+/m1/s1. The van der Waals surface area contributed by atoms with E-state index >= 15 is 0 Å². The van der Waals surface area contributed by atoms with E-state index in [1.54, 1.807) is 7.11 Å². The topological polar surface area (TPSA) is 45.6 Å². The summed E-state index contributed by atoms with van der Waals surface area (Å²) in [7, 11) is 3.92. The molecule has 0 bridgehead atoms. The van der Waals surface area contributed by atoms with Crippen LogP contribution in [0.1, 0.15) is 55.3 Å². The van der Waals surface area contributed by atoms with Gasteiger partial charge in [-0.1, -0.05) is 19.1 Å². The van der Waals surface area contributed by atoms with Gasteiger partial charge in [-0.2, -0.15) is 0 Å². The van der Waals surface area contributed by atoms with Crippen LogP contribution in [-0.2, 0) is 13.0 Å². The van der Waals surface area contributed by atoms with Crippen molar-refractivity contribution in [2.24, 2.45) is 17.3 Å². The fraction of sp³-hybridized carbons (Fsp3) is 0.577. The van der Waals surface area contributed by atoms with Gasteiger partial charge in [0, 0.05) is 18.8 Å². The van der Waals surface area contributed by atoms with Crippen molar-refractivity contribution in [3.8, 4) is 5.75 Å². The number of ether oxygens (including phenoxy) is 1. The highest BCUT2D eigenvalue weighted by molar-refractivity contribution is 5.40. The van der Waals surface area contributed by atoms with Crippen LogP contribution in [0.3, 0.4) is 0 Å². The largest absolute Gasteiger partial charge is 0.497 e. The van der Waals surface area contributed by atoms with Crippen LogP contribution in [0.5, 0.6) is 5.75 Å². The van der Waals surface area contributed by atoms with E-state index in [9.17, 15) is 5.11 Å². The van der Waals surface area contributed by atoms with E-state index in [0.717, 1.165) is 30.8 Å². The van der Waals surface area contributed by atoms with Gasteiger partial charge in [0.05, 0.1) is 18.9 Å². The van der Waals surface area contributed by atoms with Crippen molar-refractivity contribution in [3.63, 3.8) is 0 Å². The number of aromatic nitrogens is 1. The van der Waals surface area contributed by atoms with E-state index in [1.807, 2.05) is 18.3 Å². The third kappa shape index (κ3) is 3.16. The van der Waals surface area contributed by atoms with Crippen molar-refractivity contribution >= 4 is 0 Å². The average molecular weight is 407 g/mol. The molecule has 1 heterocycles. The summed E-state index contributed by atoms with van der Waals surface area (Å²) in [6.07, 6.45) is 7.29. The summed E-state index contributed by atoms with van der Waals surface area (Å²) in [5, 5.41) is 11.2. The van der Waals surface area contributed by atoms with Crippen molar-refractivity contribution in [3.05, 3.63) is 59.4 Å². The number of hydrogen-bond donors (Lipinski definition) is 1. The Labute approximate surface area is 180 Å². The lowest BCUT2D eigenvalue weighted by atomic mass is 9.55. The molecular weight excluding hydrogens is 372 g/mol. The Morgan fingerprint density at radius 2 is 2.10 bits per heavy atom. The van der Waals surface area contributed by atoms with Gasteiger partial charge in [-0.15, -0.1) is 0 Å². The molecule has 2 aromatic rings. The molecule has 0 unspecified atom stereocenters. The average Bonchev–Trinajstić information content (AvgIpc) is 3.03. The molecule has 5 rings (SSSR count). The number of hydrogen-bond acceptors (Lipinski definition) is 4. The van der Waals surface area contributed by atoms with Gasteiger partial charge in [-0.05, 0) is 97.7 Å². The predicted molar refractivity (Wildman–Crippen MR) is 118 cm³/mol. The van der Waals surface area contributed by atoms with E-state index in [1.165, 1.54) is 30.4 Å². The summed E-state index contributed by atoms with van der Waals surface area (Å²) in [5.41, 5.74) is 4.25. The molecule has 0 amide bonds. The second kappa shape index (κ2) is 7.65. The highest BCUT2D eigenvalue weighted by atomic mass is 16.5. The molecule has 0 radical (unpaired) electrons. The molecule has 4 heteroatoms. The van der Waals surface area contributed by atoms with Crippen LogP contribution in [0.2, 0.25) is 0 Å². The Balaban J connectivity index is 1.40. The molecule has 0 saturated heterocycles. The molecule has 3 aliphatic carbocycles. The van der Waals surface area contributed by atoms with E-state index in [0.29, 0.717) is 17.8 Å². The first kappa shape index (κ1) is 20.0. The van der Waals surface area contributed by atoms with E-state index < -0.39 is 0 Å². The summed E-state index contributed by atoms with van der Waals surface area (Å²) in [6, 6.07) is 13.0. The molecular formula is C26H34N2O2. The monoisotopic (exact) mass is 406 g/mol. The van der Waals surface area contributed by atoms with Crippen molar-refractivity contribution in [1.29, 1.82) is 0 Å². The molecule has 3 aliphatic rings. The number of nitrogens with zero attached hydrogens (tertiary/aromatic N) is 2. The number of aliphatic hydroxyl groups excluding tert-OH is 1. The number of methoxy groups -OCH3 is 1. The molecule has 1 aromatic carbocycles. The molecule has 1 N–H and O–H groups in total. The Hall–Kier alpha value is -1.91. The van der Waals surface area contributed by atoms with Crippen molar-refractivity contribution in [2.75, 3.05) is 14.2 Å². The van der Waals surface area contributed by atoms with Crippen LogP contribution in [0, 0.1) is 17.3 Å². The molecule has 0 spiro atoms. The number of aliphatic hydroxyl groups is 1. The number of pyridine rings is 1. The van der Waals surface area contributed by atoms with Crippen LogP contribution < -0.4 is 4.74 Å². The third-order valence-electron chi connectivity index (χ3n) is 8.52. The SMILES string of the molecule is COc1ccc2c(c1)CC[C@@H]1[C@@H]2CC[C@]2(C)[C@@H](N(C)Cc3ccccn3)[C@H](O)C[C@@H]12. The Kier molecular flexibility index (Phi) is 5.11. The quantitative estimate of drug-likeness (QED) is 0.817. The maximum Gasteiger partial charge on any atom is 0.119 e. The summed E-state index contributed by atoms with van der Waals surface area (Å²) in [4.78, 5) is 6.88. The normalized spacial score (nSPS) is 34.9. The second-order valence-electron chi connectivity index (χ2n) is 10.0. The maximum atomic E-state index is 11.2. The summed E-state index contributed by atoms with van der Waals surface area (Å²) < 4.78 is 5.46. The van der Waals surface area contributed by atoms with E-state index in [2.05, 4.69) is 48.1 Å². The van der Waals surface area contributed by atoms with Gasteiger partial charge < -0.3 is 9.84 Å². The molecule has 2 saturated carbocycles. The minimum atomic E-state index is -0.260. The van der Waals surface area contributed by atoms with Gasteiger partial charge >= 0.3 is 0 Å². The Morgan fingerprint density at radius 1 is 1.23 bits per heavy atom. The van der Waals surface area contributed by atoms with Gasteiger partial charge in [0.25, 0.3) is 0 Å². The van der Waals surface area contributed by atoms with Gasteiger partial charge in [0.1, 0.15) is 5.75 Å². The van der Waals surface area contributed by atoms with E-state index in [-0.39, 0.29) is 17.6 Å². The maximum absolute atomic E-state index is 11.2. The lowest BCUT2D eigenvalue weighted by molar-refractivity contribution is -0.0145. The minimum Gasteiger partial charge on any atom is -0.497 e. The number of rotatable bonds is 4. The van der Waals surface area contributed by atoms with Crippen molar-refractivity contribution in [1.82, 2.24) is 9.88 Å². The molecule has 0 aliphatic heterocycles. The fourth-order valence-electron chi connectivity index (χ4n) is 7.32. The van der Waals surface area contributed by atoms with E-state index in [4.69, 9.17) is 4.74 Å². The third-order valence-corrected chi connectivity index (χ3v) is 8.52. The highest BCUT2D eigenvalue weighted by Gasteiger charge is 2.59. The molecule has 2 fully saturated rings. The molecule has 1 aromatic heterocycles.